The molecule has 6 nitrogen and oxygen atoms in total. The van der Waals surface area contributed by atoms with Crippen molar-refractivity contribution in [1.82, 2.24) is 4.98 Å². The van der Waals surface area contributed by atoms with Crippen LogP contribution in [0.5, 0.6) is 0 Å². The fourth-order valence-electron chi connectivity index (χ4n) is 3.05. The molecule has 0 aliphatic carbocycles. The van der Waals surface area contributed by atoms with Crippen LogP contribution in [0.15, 0.2) is 99.5 Å². The van der Waals surface area contributed by atoms with Gasteiger partial charge in [-0.2, -0.15) is 0 Å². The van der Waals surface area contributed by atoms with Gasteiger partial charge in [-0.1, -0.05) is 72.4 Å². The molecular formula is C24H20N2O4S2. The smallest absolute Gasteiger partial charge is 0.257 e. The third-order valence-electron chi connectivity index (χ3n) is 4.58. The van der Waals surface area contributed by atoms with Crippen LogP contribution in [-0.4, -0.2) is 31.3 Å². The standard InChI is InChI=1S/C24H20N2O4S2/c1-32(28,29)20-14-12-19(13-15-20)25-21(27)16-31-24-26-22(17-8-4-2-5-9-17)23(30-24)18-10-6-3-7-11-18/h2-15H,16H2,1H3,(H,25,27). The SMILES string of the molecule is CS(=O)(=O)c1ccc(NC(=O)CSc2nc(-c3ccccc3)c(-c3ccccc3)o2)cc1. The molecule has 0 spiro atoms. The highest BCUT2D eigenvalue weighted by molar-refractivity contribution is 7.99. The highest BCUT2D eigenvalue weighted by Crippen LogP contribution is 2.35. The van der Waals surface area contributed by atoms with Crippen LogP contribution < -0.4 is 5.32 Å². The quantitative estimate of drug-likeness (QED) is 0.381. The van der Waals surface area contributed by atoms with E-state index in [1.54, 1.807) is 12.1 Å². The Labute approximate surface area is 190 Å². The number of benzene rings is 3. The van der Waals surface area contributed by atoms with Crippen LogP contribution in [0.1, 0.15) is 0 Å². The number of anilines is 1. The molecule has 1 amide bonds. The van der Waals surface area contributed by atoms with Gasteiger partial charge in [0.15, 0.2) is 15.6 Å². The maximum Gasteiger partial charge on any atom is 0.257 e. The van der Waals surface area contributed by atoms with Gasteiger partial charge in [-0.3, -0.25) is 4.79 Å². The van der Waals surface area contributed by atoms with Crippen molar-refractivity contribution in [2.45, 2.75) is 10.1 Å². The van der Waals surface area contributed by atoms with Crippen molar-refractivity contribution in [2.24, 2.45) is 0 Å². The van der Waals surface area contributed by atoms with Crippen LogP contribution in [-0.2, 0) is 14.6 Å². The minimum absolute atomic E-state index is 0.0940. The lowest BCUT2D eigenvalue weighted by atomic mass is 10.1. The summed E-state index contributed by atoms with van der Waals surface area (Å²) in [4.78, 5) is 17.2. The predicted octanol–water partition coefficient (Wildman–Crippen LogP) is 5.14. The average Bonchev–Trinajstić information content (AvgIpc) is 3.23. The van der Waals surface area contributed by atoms with Crippen LogP contribution >= 0.6 is 11.8 Å². The lowest BCUT2D eigenvalue weighted by Crippen LogP contribution is -2.14. The van der Waals surface area contributed by atoms with E-state index >= 15 is 0 Å². The Hall–Kier alpha value is -3.36. The van der Waals surface area contributed by atoms with Gasteiger partial charge in [0.05, 0.1) is 10.6 Å². The number of rotatable bonds is 7. The van der Waals surface area contributed by atoms with Gasteiger partial charge in [-0.25, -0.2) is 13.4 Å². The molecule has 1 heterocycles. The first kappa shape index (κ1) is 21.9. The number of carbonyl (C=O) groups excluding carboxylic acids is 1. The zero-order valence-electron chi connectivity index (χ0n) is 17.2. The topological polar surface area (TPSA) is 89.3 Å². The number of nitrogens with zero attached hydrogens (tertiary/aromatic N) is 1. The second-order valence-electron chi connectivity index (χ2n) is 7.02. The molecule has 0 bridgehead atoms. The van der Waals surface area contributed by atoms with Crippen molar-refractivity contribution < 1.29 is 17.6 Å². The molecule has 0 fully saturated rings. The Morgan fingerprint density at radius 3 is 2.09 bits per heavy atom. The Bertz CT molecular complexity index is 1260. The van der Waals surface area contributed by atoms with Crippen molar-refractivity contribution >= 4 is 33.2 Å². The summed E-state index contributed by atoms with van der Waals surface area (Å²) >= 11 is 1.19. The van der Waals surface area contributed by atoms with Crippen LogP contribution in [0.3, 0.4) is 0 Å². The molecule has 0 unspecified atom stereocenters. The number of oxazole rings is 1. The molecule has 8 heteroatoms. The number of aromatic nitrogens is 1. The van der Waals surface area contributed by atoms with Crippen molar-refractivity contribution in [1.29, 1.82) is 0 Å². The van der Waals surface area contributed by atoms with Gasteiger partial charge in [-0.05, 0) is 24.3 Å². The molecular weight excluding hydrogens is 444 g/mol. The number of thioether (sulfide) groups is 1. The van der Waals surface area contributed by atoms with Crippen molar-refractivity contribution in [3.05, 3.63) is 84.9 Å². The fourth-order valence-corrected chi connectivity index (χ4v) is 4.30. The Balaban J connectivity index is 1.49. The van der Waals surface area contributed by atoms with Gasteiger partial charge in [-0.15, -0.1) is 0 Å². The number of hydrogen-bond donors (Lipinski definition) is 1. The number of carbonyl (C=O) groups is 1. The van der Waals surface area contributed by atoms with E-state index < -0.39 is 9.84 Å². The summed E-state index contributed by atoms with van der Waals surface area (Å²) in [6.07, 6.45) is 1.14. The summed E-state index contributed by atoms with van der Waals surface area (Å²) in [5.74, 6) is 0.496. The molecule has 4 aromatic rings. The molecule has 0 saturated carbocycles. The van der Waals surface area contributed by atoms with E-state index in [9.17, 15) is 13.2 Å². The summed E-state index contributed by atoms with van der Waals surface area (Å²) in [7, 11) is -3.28. The first-order valence-corrected chi connectivity index (χ1v) is 12.6. The maximum atomic E-state index is 12.4. The summed E-state index contributed by atoms with van der Waals surface area (Å²) in [5, 5.41) is 3.15. The van der Waals surface area contributed by atoms with Crippen LogP contribution in [0.2, 0.25) is 0 Å². The molecule has 1 N–H and O–H groups in total. The third kappa shape index (κ3) is 5.27. The summed E-state index contributed by atoms with van der Waals surface area (Å²) in [6.45, 7) is 0. The van der Waals surface area contributed by atoms with Crippen LogP contribution in [0.25, 0.3) is 22.6 Å². The minimum atomic E-state index is -3.28. The Morgan fingerprint density at radius 1 is 0.906 bits per heavy atom. The van der Waals surface area contributed by atoms with E-state index in [1.807, 2.05) is 60.7 Å². The average molecular weight is 465 g/mol. The zero-order valence-corrected chi connectivity index (χ0v) is 18.8. The van der Waals surface area contributed by atoms with Gasteiger partial charge < -0.3 is 9.73 Å². The molecule has 4 rings (SSSR count). The van der Waals surface area contributed by atoms with Gasteiger partial charge in [0, 0.05) is 23.1 Å². The minimum Gasteiger partial charge on any atom is -0.431 e. The van der Waals surface area contributed by atoms with Crippen molar-refractivity contribution in [3.8, 4) is 22.6 Å². The van der Waals surface area contributed by atoms with Crippen molar-refractivity contribution in [3.63, 3.8) is 0 Å². The monoisotopic (exact) mass is 464 g/mol. The molecule has 0 atom stereocenters. The molecule has 1 aromatic heterocycles. The van der Waals surface area contributed by atoms with E-state index in [0.29, 0.717) is 16.7 Å². The van der Waals surface area contributed by atoms with Gasteiger partial charge in [0.1, 0.15) is 5.69 Å². The third-order valence-corrected chi connectivity index (χ3v) is 6.54. The molecule has 162 valence electrons. The zero-order chi connectivity index (χ0) is 22.6. The summed E-state index contributed by atoms with van der Waals surface area (Å²) in [5.41, 5.74) is 3.07. The molecule has 0 saturated heterocycles. The molecule has 32 heavy (non-hydrogen) atoms. The Morgan fingerprint density at radius 2 is 1.50 bits per heavy atom. The lowest BCUT2D eigenvalue weighted by molar-refractivity contribution is -0.113. The van der Waals surface area contributed by atoms with E-state index in [2.05, 4.69) is 10.3 Å². The maximum absolute atomic E-state index is 12.4. The predicted molar refractivity (Wildman–Crippen MR) is 126 cm³/mol. The highest BCUT2D eigenvalue weighted by atomic mass is 32.2. The number of hydrogen-bond acceptors (Lipinski definition) is 6. The lowest BCUT2D eigenvalue weighted by Gasteiger charge is -2.05. The van der Waals surface area contributed by atoms with E-state index in [0.717, 1.165) is 23.1 Å². The largest absolute Gasteiger partial charge is 0.431 e. The molecule has 0 aliphatic rings. The van der Waals surface area contributed by atoms with Crippen LogP contribution in [0.4, 0.5) is 5.69 Å². The van der Waals surface area contributed by atoms with Crippen molar-refractivity contribution in [2.75, 3.05) is 17.3 Å². The number of amides is 1. The van der Waals surface area contributed by atoms with E-state index in [4.69, 9.17) is 4.42 Å². The molecule has 0 radical (unpaired) electrons. The molecule has 0 aliphatic heterocycles. The Kier molecular flexibility index (Phi) is 6.43. The second kappa shape index (κ2) is 9.42. The summed E-state index contributed by atoms with van der Waals surface area (Å²) in [6, 6.07) is 25.5. The first-order valence-electron chi connectivity index (χ1n) is 9.74. The second-order valence-corrected chi connectivity index (χ2v) is 9.97. The van der Waals surface area contributed by atoms with Gasteiger partial charge >= 0.3 is 0 Å². The fraction of sp³-hybridized carbons (Fsp3) is 0.0833. The summed E-state index contributed by atoms with van der Waals surface area (Å²) < 4.78 is 29.1. The van der Waals surface area contributed by atoms with Gasteiger partial charge in [0.2, 0.25) is 5.91 Å². The van der Waals surface area contributed by atoms with E-state index in [1.165, 1.54) is 23.9 Å². The highest BCUT2D eigenvalue weighted by Gasteiger charge is 2.18. The number of sulfone groups is 1. The van der Waals surface area contributed by atoms with E-state index in [-0.39, 0.29) is 16.6 Å². The first-order chi connectivity index (χ1) is 15.4. The number of nitrogens with one attached hydrogen (secondary N) is 1. The van der Waals surface area contributed by atoms with Crippen LogP contribution in [0, 0.1) is 0 Å². The van der Waals surface area contributed by atoms with Gasteiger partial charge in [0.25, 0.3) is 5.22 Å². The molecule has 3 aromatic carbocycles. The normalized spacial score (nSPS) is 11.3.